The molecule has 2 heterocycles. The van der Waals surface area contributed by atoms with Crippen molar-refractivity contribution in [2.75, 3.05) is 7.11 Å². The van der Waals surface area contributed by atoms with E-state index >= 15 is 0 Å². The summed E-state index contributed by atoms with van der Waals surface area (Å²) in [4.78, 5) is 8.37. The zero-order chi connectivity index (χ0) is 8.39. The Bertz CT molecular complexity index is 320. The second kappa shape index (κ2) is 2.93. The van der Waals surface area contributed by atoms with E-state index in [9.17, 15) is 0 Å². The predicted octanol–water partition coefficient (Wildman–Crippen LogP) is 1.74. The van der Waals surface area contributed by atoms with Gasteiger partial charge in [0.1, 0.15) is 0 Å². The Kier molecular flexibility index (Phi) is 1.78. The van der Waals surface area contributed by atoms with E-state index in [1.807, 2.05) is 18.5 Å². The predicted molar refractivity (Wildman–Crippen MR) is 47.3 cm³/mol. The maximum absolute atomic E-state index is 5.00. The maximum atomic E-state index is 5.00. The number of aryl methyl sites for hydroxylation is 1. The second-order valence-electron chi connectivity index (χ2n) is 2.71. The molecule has 0 radical (unpaired) electrons. The Morgan fingerprint density at radius 1 is 1.50 bits per heavy atom. The summed E-state index contributed by atoms with van der Waals surface area (Å²) in [6.07, 6.45) is 5.82. The quantitative estimate of drug-likeness (QED) is 0.630. The van der Waals surface area contributed by atoms with Crippen LogP contribution < -0.4 is 4.74 Å². The van der Waals surface area contributed by atoms with Gasteiger partial charge in [0.15, 0.2) is 0 Å². The molecule has 1 aliphatic heterocycles. The van der Waals surface area contributed by atoms with E-state index in [2.05, 4.69) is 9.98 Å². The van der Waals surface area contributed by atoms with Gasteiger partial charge in [0, 0.05) is 18.5 Å². The number of fused-ring (bicyclic) bond motifs is 1. The van der Waals surface area contributed by atoms with Gasteiger partial charge >= 0.3 is 0 Å². The van der Waals surface area contributed by atoms with Gasteiger partial charge in [-0.1, -0.05) is 0 Å². The number of ether oxygens (including phenoxy) is 1. The molecule has 0 unspecified atom stereocenters. The highest BCUT2D eigenvalue weighted by Gasteiger charge is 2.06. The minimum atomic E-state index is 0.632. The fraction of sp³-hybridized carbons (Fsp3) is 0.333. The number of nitrogens with zero attached hydrogens (tertiary/aromatic N) is 2. The van der Waals surface area contributed by atoms with Crippen molar-refractivity contribution < 1.29 is 4.74 Å². The fourth-order valence-corrected chi connectivity index (χ4v) is 1.26. The van der Waals surface area contributed by atoms with Crippen LogP contribution in [0.25, 0.3) is 0 Å². The number of methoxy groups -OCH3 is 1. The summed E-state index contributed by atoms with van der Waals surface area (Å²) in [5, 5.41) is 0. The Morgan fingerprint density at radius 3 is 3.25 bits per heavy atom. The van der Waals surface area contributed by atoms with Crippen molar-refractivity contribution in [2.45, 2.75) is 12.8 Å². The number of aliphatic imine (C=N–C) groups is 1. The van der Waals surface area contributed by atoms with Crippen LogP contribution in [0.3, 0.4) is 0 Å². The van der Waals surface area contributed by atoms with Crippen LogP contribution in [0.5, 0.6) is 5.88 Å². The number of rotatable bonds is 1. The topological polar surface area (TPSA) is 34.5 Å². The average molecular weight is 162 g/mol. The lowest BCUT2D eigenvalue weighted by molar-refractivity contribution is 0.398. The molecular weight excluding hydrogens is 152 g/mol. The molecule has 3 nitrogen and oxygen atoms in total. The van der Waals surface area contributed by atoms with Crippen molar-refractivity contribution in [1.29, 1.82) is 0 Å². The van der Waals surface area contributed by atoms with E-state index in [-0.39, 0.29) is 0 Å². The van der Waals surface area contributed by atoms with Crippen molar-refractivity contribution in [3.63, 3.8) is 0 Å². The summed E-state index contributed by atoms with van der Waals surface area (Å²) in [7, 11) is 1.61. The van der Waals surface area contributed by atoms with Crippen molar-refractivity contribution in [1.82, 2.24) is 4.98 Å². The Morgan fingerprint density at radius 2 is 2.42 bits per heavy atom. The van der Waals surface area contributed by atoms with E-state index in [0.717, 1.165) is 18.5 Å². The largest absolute Gasteiger partial charge is 0.481 e. The van der Waals surface area contributed by atoms with Crippen molar-refractivity contribution >= 4 is 11.9 Å². The number of pyridine rings is 1. The van der Waals surface area contributed by atoms with Crippen molar-refractivity contribution in [3.05, 3.63) is 17.8 Å². The minimum Gasteiger partial charge on any atom is -0.481 e. The monoisotopic (exact) mass is 162 g/mol. The molecule has 0 fully saturated rings. The number of hydrogen-bond acceptors (Lipinski definition) is 3. The minimum absolute atomic E-state index is 0.632. The molecule has 62 valence electrons. The Labute approximate surface area is 71.1 Å². The number of aromatic nitrogens is 1. The smallest absolute Gasteiger partial charge is 0.215 e. The number of hydrogen-bond donors (Lipinski definition) is 0. The molecule has 1 aromatic rings. The third kappa shape index (κ3) is 1.18. The first-order valence-electron chi connectivity index (χ1n) is 3.95. The fourth-order valence-electron chi connectivity index (χ4n) is 1.26. The standard InChI is InChI=1S/C9H10N2O/c1-12-9-5-8-7(6-11-9)3-2-4-10-8/h4-6H,2-3H2,1H3. The van der Waals surface area contributed by atoms with Gasteiger partial charge in [-0.2, -0.15) is 0 Å². The molecule has 0 spiro atoms. The molecule has 1 aromatic heterocycles. The molecule has 2 rings (SSSR count). The van der Waals surface area contributed by atoms with Gasteiger partial charge < -0.3 is 4.74 Å². The van der Waals surface area contributed by atoms with E-state index < -0.39 is 0 Å². The lowest BCUT2D eigenvalue weighted by atomic mass is 10.1. The highest BCUT2D eigenvalue weighted by Crippen LogP contribution is 2.25. The molecule has 0 aromatic carbocycles. The van der Waals surface area contributed by atoms with Crippen LogP contribution in [0, 0.1) is 0 Å². The van der Waals surface area contributed by atoms with E-state index in [1.54, 1.807) is 7.11 Å². The van der Waals surface area contributed by atoms with Crippen LogP contribution in [0.1, 0.15) is 12.0 Å². The summed E-state index contributed by atoms with van der Waals surface area (Å²) in [5.74, 6) is 0.632. The van der Waals surface area contributed by atoms with Gasteiger partial charge in [-0.25, -0.2) is 4.98 Å². The molecular formula is C9H10N2O. The highest BCUT2D eigenvalue weighted by molar-refractivity contribution is 5.68. The summed E-state index contributed by atoms with van der Waals surface area (Å²) >= 11 is 0. The zero-order valence-corrected chi connectivity index (χ0v) is 6.95. The van der Waals surface area contributed by atoms with E-state index in [4.69, 9.17) is 4.74 Å². The lowest BCUT2D eigenvalue weighted by Gasteiger charge is -2.09. The molecule has 0 aliphatic carbocycles. The summed E-state index contributed by atoms with van der Waals surface area (Å²) < 4.78 is 5.00. The molecule has 3 heteroatoms. The van der Waals surface area contributed by atoms with Crippen molar-refractivity contribution in [2.24, 2.45) is 4.99 Å². The van der Waals surface area contributed by atoms with Gasteiger partial charge in [0.25, 0.3) is 0 Å². The van der Waals surface area contributed by atoms with Crippen LogP contribution in [0.15, 0.2) is 17.3 Å². The molecule has 12 heavy (non-hydrogen) atoms. The third-order valence-electron chi connectivity index (χ3n) is 1.92. The molecule has 0 saturated carbocycles. The summed E-state index contributed by atoms with van der Waals surface area (Å²) in [5.41, 5.74) is 2.20. The van der Waals surface area contributed by atoms with Gasteiger partial charge in [-0.05, 0) is 18.4 Å². The Hall–Kier alpha value is -1.38. The van der Waals surface area contributed by atoms with Crippen LogP contribution in [-0.2, 0) is 6.42 Å². The first-order valence-corrected chi connectivity index (χ1v) is 3.95. The average Bonchev–Trinajstić information content (AvgIpc) is 2.17. The highest BCUT2D eigenvalue weighted by atomic mass is 16.5. The molecule has 1 aliphatic rings. The first kappa shape index (κ1) is 7.28. The Balaban J connectivity index is 2.44. The van der Waals surface area contributed by atoms with Gasteiger partial charge in [0.2, 0.25) is 5.88 Å². The van der Waals surface area contributed by atoms with Gasteiger partial charge in [-0.3, -0.25) is 4.99 Å². The first-order chi connectivity index (χ1) is 5.90. The summed E-state index contributed by atoms with van der Waals surface area (Å²) in [6, 6.07) is 1.87. The SMILES string of the molecule is COc1cc2c(cn1)CCC=N2. The van der Waals surface area contributed by atoms with Crippen molar-refractivity contribution in [3.8, 4) is 5.88 Å². The normalized spacial score (nSPS) is 14.1. The van der Waals surface area contributed by atoms with E-state index in [0.29, 0.717) is 5.88 Å². The summed E-state index contributed by atoms with van der Waals surface area (Å²) in [6.45, 7) is 0. The maximum Gasteiger partial charge on any atom is 0.215 e. The van der Waals surface area contributed by atoms with Crippen LogP contribution in [0.2, 0.25) is 0 Å². The van der Waals surface area contributed by atoms with Crippen LogP contribution in [-0.4, -0.2) is 18.3 Å². The third-order valence-corrected chi connectivity index (χ3v) is 1.92. The molecule has 0 saturated heterocycles. The zero-order valence-electron chi connectivity index (χ0n) is 6.95. The second-order valence-corrected chi connectivity index (χ2v) is 2.71. The van der Waals surface area contributed by atoms with Gasteiger partial charge in [-0.15, -0.1) is 0 Å². The molecule has 0 bridgehead atoms. The van der Waals surface area contributed by atoms with Crippen LogP contribution >= 0.6 is 0 Å². The lowest BCUT2D eigenvalue weighted by Crippen LogP contribution is -1.96. The molecule has 0 amide bonds. The molecule has 0 atom stereocenters. The van der Waals surface area contributed by atoms with Gasteiger partial charge in [0.05, 0.1) is 12.8 Å². The molecule has 0 N–H and O–H groups in total. The van der Waals surface area contributed by atoms with E-state index in [1.165, 1.54) is 5.56 Å². The van der Waals surface area contributed by atoms with Crippen LogP contribution in [0.4, 0.5) is 5.69 Å².